The normalized spacial score (nSPS) is 11.7. The average Bonchev–Trinajstić information content (AvgIpc) is 3.20. The minimum atomic E-state index is -3.76. The van der Waals surface area contributed by atoms with Gasteiger partial charge in [-0.25, -0.2) is 23.2 Å². The summed E-state index contributed by atoms with van der Waals surface area (Å²) in [6, 6.07) is 22.3. The van der Waals surface area contributed by atoms with E-state index in [0.29, 0.717) is 18.8 Å². The summed E-state index contributed by atoms with van der Waals surface area (Å²) in [7, 11) is -1.73. The third kappa shape index (κ3) is 6.10. The van der Waals surface area contributed by atoms with Crippen LogP contribution >= 0.6 is 0 Å². The molecule has 170 valence electrons. The molecule has 0 aliphatic carbocycles. The average molecular weight is 463 g/mol. The molecule has 0 fully saturated rings. The molecule has 4 aromatic rings. The predicted molar refractivity (Wildman–Crippen MR) is 126 cm³/mol. The van der Waals surface area contributed by atoms with Crippen LogP contribution < -0.4 is 5.14 Å². The first kappa shape index (κ1) is 22.8. The Kier molecular flexibility index (Phi) is 6.93. The Labute approximate surface area is 193 Å². The molecule has 2 aromatic heterocycles. The van der Waals surface area contributed by atoms with Gasteiger partial charge in [0.15, 0.2) is 5.82 Å². The molecular weight excluding hydrogens is 436 g/mol. The summed E-state index contributed by atoms with van der Waals surface area (Å²) in [4.78, 5) is 11.4. The maximum atomic E-state index is 11.6. The van der Waals surface area contributed by atoms with E-state index in [2.05, 4.69) is 9.88 Å². The van der Waals surface area contributed by atoms with Crippen molar-refractivity contribution in [2.75, 3.05) is 13.6 Å². The van der Waals surface area contributed by atoms with Crippen LogP contribution in [0.4, 0.5) is 0 Å². The summed E-state index contributed by atoms with van der Waals surface area (Å²) in [5.74, 6) is 1.47. The molecule has 0 saturated carbocycles. The highest BCUT2D eigenvalue weighted by molar-refractivity contribution is 7.89. The fraction of sp³-hybridized carbons (Fsp3) is 0.208. The number of hydrogen-bond acceptors (Lipinski definition) is 6. The van der Waals surface area contributed by atoms with Crippen molar-refractivity contribution >= 4 is 10.0 Å². The first-order valence-corrected chi connectivity index (χ1v) is 12.1. The van der Waals surface area contributed by atoms with E-state index in [9.17, 15) is 8.42 Å². The molecule has 4 rings (SSSR count). The molecular formula is C24H26N6O2S. The second-order valence-electron chi connectivity index (χ2n) is 7.87. The van der Waals surface area contributed by atoms with Crippen LogP contribution in [-0.2, 0) is 29.4 Å². The van der Waals surface area contributed by atoms with Crippen LogP contribution in [0, 0.1) is 0 Å². The Bertz CT molecular complexity index is 1290. The zero-order valence-corrected chi connectivity index (χ0v) is 19.2. The van der Waals surface area contributed by atoms with Gasteiger partial charge in [0.1, 0.15) is 5.82 Å². The van der Waals surface area contributed by atoms with E-state index in [-0.39, 0.29) is 4.90 Å². The summed E-state index contributed by atoms with van der Waals surface area (Å²) < 4.78 is 25.0. The summed E-state index contributed by atoms with van der Waals surface area (Å²) >= 11 is 0. The van der Waals surface area contributed by atoms with E-state index in [1.54, 1.807) is 23.0 Å². The maximum absolute atomic E-state index is 11.6. The molecule has 0 bridgehead atoms. The lowest BCUT2D eigenvalue weighted by atomic mass is 10.1. The smallest absolute Gasteiger partial charge is 0.238 e. The summed E-state index contributed by atoms with van der Waals surface area (Å²) in [5, 5.41) is 9.97. The number of nitrogens with zero attached hydrogens (tertiary/aromatic N) is 5. The zero-order chi connectivity index (χ0) is 23.3. The number of nitrogens with two attached hydrogens (primary N) is 1. The molecule has 8 nitrogen and oxygen atoms in total. The summed E-state index contributed by atoms with van der Waals surface area (Å²) in [6.07, 6.45) is 3.24. The third-order valence-corrected chi connectivity index (χ3v) is 6.15. The van der Waals surface area contributed by atoms with Gasteiger partial charge in [-0.1, -0.05) is 36.4 Å². The molecule has 0 spiro atoms. The number of primary sulfonamides is 1. The Balaban J connectivity index is 1.56. The molecule has 33 heavy (non-hydrogen) atoms. The van der Waals surface area contributed by atoms with Crippen molar-refractivity contribution in [1.29, 1.82) is 0 Å². The number of sulfonamides is 1. The van der Waals surface area contributed by atoms with Crippen molar-refractivity contribution < 1.29 is 8.42 Å². The van der Waals surface area contributed by atoms with Crippen molar-refractivity contribution in [3.05, 3.63) is 102 Å². The zero-order valence-electron chi connectivity index (χ0n) is 18.4. The molecule has 0 aliphatic rings. The SMILES string of the molecule is CN(CCc1ccccn1)Cc1nc(Cc2ccccc2)n(-c2ccc(S(N)(=O)=O)cc2)n1. The largest absolute Gasteiger partial charge is 0.299 e. The molecule has 0 radical (unpaired) electrons. The molecule has 2 N–H and O–H groups in total. The molecule has 0 saturated heterocycles. The van der Waals surface area contributed by atoms with Gasteiger partial charge in [-0.3, -0.25) is 9.88 Å². The Hall–Kier alpha value is -3.40. The number of rotatable bonds is 9. The fourth-order valence-corrected chi connectivity index (χ4v) is 4.02. The van der Waals surface area contributed by atoms with Crippen LogP contribution in [0.2, 0.25) is 0 Å². The topological polar surface area (TPSA) is 107 Å². The Morgan fingerprint density at radius 3 is 2.36 bits per heavy atom. The lowest BCUT2D eigenvalue weighted by Crippen LogP contribution is -2.21. The van der Waals surface area contributed by atoms with Crippen LogP contribution in [0.15, 0.2) is 83.9 Å². The van der Waals surface area contributed by atoms with Gasteiger partial charge < -0.3 is 0 Å². The highest BCUT2D eigenvalue weighted by Gasteiger charge is 2.15. The van der Waals surface area contributed by atoms with Gasteiger partial charge in [-0.2, -0.15) is 0 Å². The maximum Gasteiger partial charge on any atom is 0.238 e. The molecule has 0 unspecified atom stereocenters. The highest BCUT2D eigenvalue weighted by Crippen LogP contribution is 2.17. The van der Waals surface area contributed by atoms with Gasteiger partial charge in [0, 0.05) is 31.3 Å². The van der Waals surface area contributed by atoms with Crippen molar-refractivity contribution in [2.24, 2.45) is 5.14 Å². The van der Waals surface area contributed by atoms with E-state index in [1.807, 2.05) is 55.6 Å². The minimum absolute atomic E-state index is 0.0606. The summed E-state index contributed by atoms with van der Waals surface area (Å²) in [5.41, 5.74) is 2.88. The van der Waals surface area contributed by atoms with Gasteiger partial charge in [0.05, 0.1) is 17.1 Å². The monoisotopic (exact) mass is 462 g/mol. The van der Waals surface area contributed by atoms with Crippen molar-refractivity contribution in [3.8, 4) is 5.69 Å². The quantitative estimate of drug-likeness (QED) is 0.410. The van der Waals surface area contributed by atoms with Crippen LogP contribution in [0.1, 0.15) is 22.9 Å². The second kappa shape index (κ2) is 10.0. The highest BCUT2D eigenvalue weighted by atomic mass is 32.2. The van der Waals surface area contributed by atoms with E-state index in [1.165, 1.54) is 12.1 Å². The molecule has 0 atom stereocenters. The first-order valence-electron chi connectivity index (χ1n) is 10.6. The third-order valence-electron chi connectivity index (χ3n) is 5.22. The minimum Gasteiger partial charge on any atom is -0.299 e. The van der Waals surface area contributed by atoms with Crippen LogP contribution in [0.3, 0.4) is 0 Å². The number of hydrogen-bond donors (Lipinski definition) is 1. The number of aromatic nitrogens is 4. The lowest BCUT2D eigenvalue weighted by Gasteiger charge is -2.13. The van der Waals surface area contributed by atoms with Crippen molar-refractivity contribution in [3.63, 3.8) is 0 Å². The number of benzene rings is 2. The van der Waals surface area contributed by atoms with E-state index >= 15 is 0 Å². The molecule has 9 heteroatoms. The molecule has 2 aromatic carbocycles. The van der Waals surface area contributed by atoms with Crippen molar-refractivity contribution in [2.45, 2.75) is 24.3 Å². The second-order valence-corrected chi connectivity index (χ2v) is 9.43. The number of likely N-dealkylation sites (N-methyl/N-ethyl adjacent to an activating group) is 1. The van der Waals surface area contributed by atoms with Crippen LogP contribution in [0.5, 0.6) is 0 Å². The van der Waals surface area contributed by atoms with Crippen molar-refractivity contribution in [1.82, 2.24) is 24.6 Å². The van der Waals surface area contributed by atoms with Crippen LogP contribution in [0.25, 0.3) is 5.69 Å². The van der Waals surface area contributed by atoms with E-state index in [4.69, 9.17) is 15.2 Å². The van der Waals surface area contributed by atoms with E-state index in [0.717, 1.165) is 35.7 Å². The van der Waals surface area contributed by atoms with Gasteiger partial charge in [-0.15, -0.1) is 5.10 Å². The fourth-order valence-electron chi connectivity index (χ4n) is 3.51. The Morgan fingerprint density at radius 1 is 0.970 bits per heavy atom. The molecule has 0 aliphatic heterocycles. The standard InChI is InChI=1S/C24H26N6O2S/c1-29(16-14-20-9-5-6-15-26-20)18-23-27-24(17-19-7-3-2-4-8-19)30(28-23)21-10-12-22(13-11-21)33(25,31)32/h2-13,15H,14,16-18H2,1H3,(H2,25,31,32). The first-order chi connectivity index (χ1) is 15.9. The summed E-state index contributed by atoms with van der Waals surface area (Å²) in [6.45, 7) is 1.40. The van der Waals surface area contributed by atoms with Gasteiger partial charge in [0.2, 0.25) is 10.0 Å². The molecule has 2 heterocycles. The Morgan fingerprint density at radius 2 is 1.70 bits per heavy atom. The molecule has 0 amide bonds. The van der Waals surface area contributed by atoms with Gasteiger partial charge in [-0.05, 0) is 49.0 Å². The van der Waals surface area contributed by atoms with Gasteiger partial charge in [0.25, 0.3) is 0 Å². The number of pyridine rings is 1. The van der Waals surface area contributed by atoms with E-state index < -0.39 is 10.0 Å². The van der Waals surface area contributed by atoms with Gasteiger partial charge >= 0.3 is 0 Å². The van der Waals surface area contributed by atoms with Crippen LogP contribution in [-0.4, -0.2) is 46.7 Å². The lowest BCUT2D eigenvalue weighted by molar-refractivity contribution is 0.321. The predicted octanol–water partition coefficient (Wildman–Crippen LogP) is 2.58.